The molecule has 1 atom stereocenters. The van der Waals surface area contributed by atoms with Gasteiger partial charge in [-0.2, -0.15) is 18.4 Å². The van der Waals surface area contributed by atoms with Gasteiger partial charge < -0.3 is 9.30 Å². The lowest BCUT2D eigenvalue weighted by atomic mass is 10.0. The number of nitriles is 1. The van der Waals surface area contributed by atoms with Crippen molar-refractivity contribution in [1.29, 1.82) is 5.26 Å². The Morgan fingerprint density at radius 2 is 1.94 bits per heavy atom. The SMILES string of the molecule is CCOC(=O)C(C#N)c1cnc(-c2nc3cc(C(F)(F)F)ncc3n2C)c(S(=O)(=O)CC)c1. The Hall–Kier alpha value is -3.53. The van der Waals surface area contributed by atoms with E-state index in [0.717, 1.165) is 24.5 Å². The number of carbonyl (C=O) groups excluding carboxylic acids is 1. The van der Waals surface area contributed by atoms with Gasteiger partial charge in [0, 0.05) is 18.8 Å². The minimum Gasteiger partial charge on any atom is -0.465 e. The van der Waals surface area contributed by atoms with Crippen LogP contribution in [0.2, 0.25) is 0 Å². The van der Waals surface area contributed by atoms with Crippen LogP contribution < -0.4 is 0 Å². The van der Waals surface area contributed by atoms with Gasteiger partial charge in [-0.15, -0.1) is 0 Å². The first-order valence-electron chi connectivity index (χ1n) is 9.63. The van der Waals surface area contributed by atoms with Crippen LogP contribution in [0.1, 0.15) is 31.0 Å². The summed E-state index contributed by atoms with van der Waals surface area (Å²) in [5.74, 6) is -2.61. The topological polar surface area (TPSA) is 128 Å². The zero-order valence-corrected chi connectivity index (χ0v) is 18.5. The first-order chi connectivity index (χ1) is 15.4. The summed E-state index contributed by atoms with van der Waals surface area (Å²) in [5, 5.41) is 9.40. The second-order valence-corrected chi connectivity index (χ2v) is 9.13. The number of rotatable bonds is 6. The van der Waals surface area contributed by atoms with E-state index in [1.54, 1.807) is 13.0 Å². The molecule has 13 heteroatoms. The average molecular weight is 481 g/mol. The Labute approximate surface area is 186 Å². The van der Waals surface area contributed by atoms with Gasteiger partial charge in [-0.1, -0.05) is 6.92 Å². The maximum absolute atomic E-state index is 13.0. The quantitative estimate of drug-likeness (QED) is 0.492. The van der Waals surface area contributed by atoms with Crippen molar-refractivity contribution in [3.05, 3.63) is 35.8 Å². The van der Waals surface area contributed by atoms with E-state index >= 15 is 0 Å². The molecule has 0 saturated heterocycles. The van der Waals surface area contributed by atoms with E-state index in [1.165, 1.54) is 18.5 Å². The van der Waals surface area contributed by atoms with Gasteiger partial charge in [0.15, 0.2) is 21.6 Å². The lowest BCUT2D eigenvalue weighted by molar-refractivity contribution is -0.143. The highest BCUT2D eigenvalue weighted by atomic mass is 32.2. The first kappa shape index (κ1) is 24.1. The number of halogens is 3. The molecule has 9 nitrogen and oxygen atoms in total. The number of hydrogen-bond donors (Lipinski definition) is 0. The molecule has 0 aliphatic rings. The standard InChI is InChI=1S/C20H18F3N5O4S/c1-4-32-19(29)12(8-24)11-6-15(33(30,31)5-2)17(26-9-11)18-27-13-7-16(20(21,22)23)25-10-14(13)28(18)3/h6-7,9-10,12H,4-5H2,1-3H3. The Morgan fingerprint density at radius 3 is 2.52 bits per heavy atom. The molecule has 174 valence electrons. The molecule has 0 N–H and O–H groups in total. The lowest BCUT2D eigenvalue weighted by Crippen LogP contribution is -2.16. The summed E-state index contributed by atoms with van der Waals surface area (Å²) >= 11 is 0. The van der Waals surface area contributed by atoms with Crippen LogP contribution >= 0.6 is 0 Å². The van der Waals surface area contributed by atoms with Gasteiger partial charge >= 0.3 is 12.1 Å². The number of pyridine rings is 2. The zero-order valence-electron chi connectivity index (χ0n) is 17.7. The van der Waals surface area contributed by atoms with E-state index in [-0.39, 0.29) is 45.4 Å². The number of fused-ring (bicyclic) bond motifs is 1. The fourth-order valence-electron chi connectivity index (χ4n) is 3.12. The van der Waals surface area contributed by atoms with Crippen LogP contribution in [0.4, 0.5) is 13.2 Å². The van der Waals surface area contributed by atoms with E-state index < -0.39 is 33.6 Å². The molecule has 0 aliphatic heterocycles. The molecule has 0 aliphatic carbocycles. The van der Waals surface area contributed by atoms with Crippen molar-refractivity contribution in [1.82, 2.24) is 19.5 Å². The number of ether oxygens (including phenoxy) is 1. The Bertz CT molecular complexity index is 1380. The average Bonchev–Trinajstić information content (AvgIpc) is 3.09. The molecule has 3 aromatic heterocycles. The van der Waals surface area contributed by atoms with Gasteiger partial charge in [0.05, 0.1) is 40.6 Å². The van der Waals surface area contributed by atoms with Crippen LogP contribution in [-0.2, 0) is 32.6 Å². The molecule has 0 fully saturated rings. The Kier molecular flexibility index (Phi) is 6.42. The number of carbonyl (C=O) groups is 1. The number of imidazole rings is 1. The summed E-state index contributed by atoms with van der Waals surface area (Å²) in [5.41, 5.74) is -1.09. The van der Waals surface area contributed by atoms with E-state index in [4.69, 9.17) is 4.74 Å². The summed E-state index contributed by atoms with van der Waals surface area (Å²) < 4.78 is 71.0. The summed E-state index contributed by atoms with van der Waals surface area (Å²) in [7, 11) is -2.46. The molecule has 0 bridgehead atoms. The van der Waals surface area contributed by atoms with Crippen molar-refractivity contribution in [3.8, 4) is 17.6 Å². The van der Waals surface area contributed by atoms with Crippen LogP contribution in [0.25, 0.3) is 22.6 Å². The highest BCUT2D eigenvalue weighted by molar-refractivity contribution is 7.91. The summed E-state index contributed by atoms with van der Waals surface area (Å²) in [6.45, 7) is 2.98. The minimum absolute atomic E-state index is 0.00603. The monoisotopic (exact) mass is 481 g/mol. The molecule has 0 spiro atoms. The maximum Gasteiger partial charge on any atom is 0.433 e. The maximum atomic E-state index is 13.0. The third kappa shape index (κ3) is 4.51. The minimum atomic E-state index is -4.68. The third-order valence-corrected chi connectivity index (χ3v) is 6.58. The molecule has 0 saturated carbocycles. The van der Waals surface area contributed by atoms with Crippen molar-refractivity contribution >= 4 is 26.8 Å². The fraction of sp³-hybridized carbons (Fsp3) is 0.350. The van der Waals surface area contributed by atoms with Gasteiger partial charge in [-0.05, 0) is 19.1 Å². The molecular formula is C20H18F3N5O4S. The molecular weight excluding hydrogens is 463 g/mol. The predicted octanol–water partition coefficient (Wildman–Crippen LogP) is 3.01. The molecule has 0 aromatic carbocycles. The van der Waals surface area contributed by atoms with E-state index in [9.17, 15) is 31.6 Å². The highest BCUT2D eigenvalue weighted by Gasteiger charge is 2.33. The first-order valence-corrected chi connectivity index (χ1v) is 11.3. The van der Waals surface area contributed by atoms with Gasteiger partial charge in [-0.25, -0.2) is 18.4 Å². The number of esters is 1. The number of sulfone groups is 1. The van der Waals surface area contributed by atoms with Crippen LogP contribution in [0.15, 0.2) is 29.4 Å². The summed E-state index contributed by atoms with van der Waals surface area (Å²) in [6, 6.07) is 3.67. The van der Waals surface area contributed by atoms with Crippen molar-refractivity contribution < 1.29 is 31.1 Å². The molecule has 1 unspecified atom stereocenters. The molecule has 0 radical (unpaired) electrons. The lowest BCUT2D eigenvalue weighted by Gasteiger charge is -2.13. The fourth-order valence-corrected chi connectivity index (χ4v) is 4.19. The molecule has 3 aromatic rings. The number of nitrogens with zero attached hydrogens (tertiary/aromatic N) is 5. The Morgan fingerprint density at radius 1 is 1.24 bits per heavy atom. The summed E-state index contributed by atoms with van der Waals surface area (Å²) in [4.78, 5) is 23.5. The van der Waals surface area contributed by atoms with Crippen LogP contribution in [-0.4, -0.2) is 46.3 Å². The smallest absolute Gasteiger partial charge is 0.433 e. The highest BCUT2D eigenvalue weighted by Crippen LogP contribution is 2.33. The summed E-state index contributed by atoms with van der Waals surface area (Å²) in [6.07, 6.45) is -2.54. The van der Waals surface area contributed by atoms with Gasteiger partial charge in [-0.3, -0.25) is 9.78 Å². The van der Waals surface area contributed by atoms with Crippen LogP contribution in [0.3, 0.4) is 0 Å². The number of aryl methyl sites for hydroxylation is 1. The van der Waals surface area contributed by atoms with E-state index in [2.05, 4.69) is 15.0 Å². The molecule has 0 amide bonds. The van der Waals surface area contributed by atoms with Crippen molar-refractivity contribution in [2.75, 3.05) is 12.4 Å². The number of aromatic nitrogens is 4. The number of alkyl halides is 3. The van der Waals surface area contributed by atoms with Gasteiger partial charge in [0.25, 0.3) is 0 Å². The number of hydrogen-bond acceptors (Lipinski definition) is 8. The van der Waals surface area contributed by atoms with E-state index in [0.29, 0.717) is 0 Å². The molecule has 33 heavy (non-hydrogen) atoms. The second kappa shape index (κ2) is 8.78. The van der Waals surface area contributed by atoms with Gasteiger partial charge in [0.1, 0.15) is 11.4 Å². The van der Waals surface area contributed by atoms with Crippen LogP contribution in [0, 0.1) is 11.3 Å². The zero-order chi connectivity index (χ0) is 24.6. The van der Waals surface area contributed by atoms with E-state index in [1.807, 2.05) is 0 Å². The van der Waals surface area contributed by atoms with Crippen molar-refractivity contribution in [2.24, 2.45) is 7.05 Å². The van der Waals surface area contributed by atoms with Crippen molar-refractivity contribution in [3.63, 3.8) is 0 Å². The second-order valence-electron chi connectivity index (χ2n) is 6.88. The normalized spacial score (nSPS) is 13.0. The Balaban J connectivity index is 2.25. The van der Waals surface area contributed by atoms with Crippen LogP contribution in [0.5, 0.6) is 0 Å². The third-order valence-electron chi connectivity index (χ3n) is 4.84. The predicted molar refractivity (Wildman–Crippen MR) is 109 cm³/mol. The van der Waals surface area contributed by atoms with Crippen molar-refractivity contribution in [2.45, 2.75) is 30.8 Å². The molecule has 3 rings (SSSR count). The largest absolute Gasteiger partial charge is 0.465 e. The van der Waals surface area contributed by atoms with Gasteiger partial charge in [0.2, 0.25) is 0 Å². The molecule has 3 heterocycles.